The first kappa shape index (κ1) is 11.1. The molecule has 5 nitrogen and oxygen atoms in total. The van der Waals surface area contributed by atoms with Gasteiger partial charge in [0.25, 0.3) is 0 Å². The van der Waals surface area contributed by atoms with Crippen molar-refractivity contribution in [2.24, 2.45) is 5.92 Å². The number of hydrogen-bond donors (Lipinski definition) is 3. The van der Waals surface area contributed by atoms with Gasteiger partial charge in [0.15, 0.2) is 0 Å². The van der Waals surface area contributed by atoms with Gasteiger partial charge >= 0.3 is 0 Å². The molecule has 1 fully saturated rings. The van der Waals surface area contributed by atoms with Gasteiger partial charge in [0.1, 0.15) is 0 Å². The summed E-state index contributed by atoms with van der Waals surface area (Å²) in [4.78, 5) is 12.0. The van der Waals surface area contributed by atoms with Gasteiger partial charge in [-0.05, 0) is 26.8 Å². The molecule has 1 aliphatic rings. The summed E-state index contributed by atoms with van der Waals surface area (Å²) >= 11 is 0. The summed E-state index contributed by atoms with van der Waals surface area (Å²) < 4.78 is 0. The minimum atomic E-state index is 0.0130. The molecule has 2 rings (SSSR count). The molecule has 1 aromatic heterocycles. The highest BCUT2D eigenvalue weighted by Crippen LogP contribution is 2.17. The van der Waals surface area contributed by atoms with Crippen LogP contribution >= 0.6 is 0 Å². The molecule has 0 bridgehead atoms. The number of aromatic nitrogens is 2. The zero-order chi connectivity index (χ0) is 11.5. The summed E-state index contributed by atoms with van der Waals surface area (Å²) in [6.07, 6.45) is 4.47. The van der Waals surface area contributed by atoms with Gasteiger partial charge in [-0.2, -0.15) is 5.10 Å². The number of carbonyl (C=O) groups excluding carboxylic acids is 1. The van der Waals surface area contributed by atoms with Crippen molar-refractivity contribution in [2.45, 2.75) is 32.4 Å². The summed E-state index contributed by atoms with van der Waals surface area (Å²) in [7, 11) is 0. The maximum absolute atomic E-state index is 12.0. The van der Waals surface area contributed by atoms with Gasteiger partial charge in [0.2, 0.25) is 5.91 Å². The van der Waals surface area contributed by atoms with Crippen molar-refractivity contribution in [1.82, 2.24) is 20.8 Å². The van der Waals surface area contributed by atoms with Crippen LogP contribution in [0.25, 0.3) is 0 Å². The molecule has 0 radical (unpaired) electrons. The second-order valence-electron chi connectivity index (χ2n) is 4.40. The molecule has 88 valence electrons. The molecular weight excluding hydrogens is 204 g/mol. The van der Waals surface area contributed by atoms with Crippen LogP contribution in [0.15, 0.2) is 12.4 Å². The molecule has 1 aliphatic heterocycles. The van der Waals surface area contributed by atoms with Crippen molar-refractivity contribution in [3.63, 3.8) is 0 Å². The molecule has 2 heterocycles. The van der Waals surface area contributed by atoms with E-state index < -0.39 is 0 Å². The van der Waals surface area contributed by atoms with Crippen molar-refractivity contribution in [2.75, 3.05) is 6.54 Å². The first-order chi connectivity index (χ1) is 7.68. The van der Waals surface area contributed by atoms with Crippen LogP contribution in [0.2, 0.25) is 0 Å². The molecule has 3 atom stereocenters. The zero-order valence-corrected chi connectivity index (χ0v) is 9.66. The summed E-state index contributed by atoms with van der Waals surface area (Å²) in [5.41, 5.74) is 1.01. The molecule has 1 saturated heterocycles. The van der Waals surface area contributed by atoms with Gasteiger partial charge in [-0.15, -0.1) is 0 Å². The number of nitrogens with one attached hydrogen (secondary N) is 3. The molecule has 0 aromatic carbocycles. The highest BCUT2D eigenvalue weighted by atomic mass is 16.2. The van der Waals surface area contributed by atoms with Crippen LogP contribution in [-0.4, -0.2) is 28.7 Å². The van der Waals surface area contributed by atoms with Crippen molar-refractivity contribution in [3.8, 4) is 0 Å². The Morgan fingerprint density at radius 2 is 2.50 bits per heavy atom. The van der Waals surface area contributed by atoms with Crippen LogP contribution in [0.4, 0.5) is 0 Å². The predicted octanol–water partition coefficient (Wildman–Crippen LogP) is 0.585. The number of aromatic amines is 1. The number of H-pyrrole nitrogens is 1. The van der Waals surface area contributed by atoms with E-state index in [0.29, 0.717) is 0 Å². The van der Waals surface area contributed by atoms with Crippen LogP contribution in [0, 0.1) is 5.92 Å². The molecule has 1 amide bonds. The Balaban J connectivity index is 1.92. The quantitative estimate of drug-likeness (QED) is 0.701. The lowest BCUT2D eigenvalue weighted by molar-refractivity contribution is -0.125. The maximum atomic E-state index is 12.0. The SMILES string of the molecule is CC(NC(=O)C1CCNC1C)c1cn[nH]c1. The monoisotopic (exact) mass is 222 g/mol. The summed E-state index contributed by atoms with van der Waals surface area (Å²) in [6.45, 7) is 4.95. The first-order valence-electron chi connectivity index (χ1n) is 5.71. The van der Waals surface area contributed by atoms with E-state index in [1.165, 1.54) is 0 Å². The Morgan fingerprint density at radius 1 is 1.69 bits per heavy atom. The molecule has 3 unspecified atom stereocenters. The topological polar surface area (TPSA) is 69.8 Å². The highest BCUT2D eigenvalue weighted by Gasteiger charge is 2.30. The number of hydrogen-bond acceptors (Lipinski definition) is 3. The summed E-state index contributed by atoms with van der Waals surface area (Å²) in [6, 6.07) is 0.288. The highest BCUT2D eigenvalue weighted by molar-refractivity contribution is 5.80. The van der Waals surface area contributed by atoms with Crippen LogP contribution in [0.3, 0.4) is 0 Å². The van der Waals surface area contributed by atoms with E-state index in [4.69, 9.17) is 0 Å². The van der Waals surface area contributed by atoms with Crippen molar-refractivity contribution < 1.29 is 4.79 Å². The van der Waals surface area contributed by atoms with E-state index in [1.54, 1.807) is 12.4 Å². The van der Waals surface area contributed by atoms with Gasteiger partial charge in [0, 0.05) is 17.8 Å². The number of amides is 1. The third-order valence-electron chi connectivity index (χ3n) is 3.24. The fourth-order valence-corrected chi connectivity index (χ4v) is 2.12. The zero-order valence-electron chi connectivity index (χ0n) is 9.66. The second kappa shape index (κ2) is 4.65. The van der Waals surface area contributed by atoms with Crippen LogP contribution in [-0.2, 0) is 4.79 Å². The number of rotatable bonds is 3. The minimum absolute atomic E-state index is 0.0130. The van der Waals surface area contributed by atoms with Crippen molar-refractivity contribution in [1.29, 1.82) is 0 Å². The molecule has 0 aliphatic carbocycles. The number of carbonyl (C=O) groups is 1. The van der Waals surface area contributed by atoms with E-state index in [0.717, 1.165) is 18.5 Å². The molecular formula is C11H18N4O. The fraction of sp³-hybridized carbons (Fsp3) is 0.636. The third-order valence-corrected chi connectivity index (χ3v) is 3.24. The van der Waals surface area contributed by atoms with Gasteiger partial charge in [0.05, 0.1) is 18.2 Å². The predicted molar refractivity (Wildman–Crippen MR) is 60.7 cm³/mol. The Morgan fingerprint density at radius 3 is 3.06 bits per heavy atom. The smallest absolute Gasteiger partial charge is 0.225 e. The van der Waals surface area contributed by atoms with Crippen LogP contribution < -0.4 is 10.6 Å². The Labute approximate surface area is 95.0 Å². The van der Waals surface area contributed by atoms with Crippen molar-refractivity contribution >= 4 is 5.91 Å². The van der Waals surface area contributed by atoms with E-state index in [2.05, 4.69) is 27.8 Å². The normalized spacial score (nSPS) is 26.6. The Kier molecular flexibility index (Phi) is 3.24. The van der Waals surface area contributed by atoms with Gasteiger partial charge in [-0.25, -0.2) is 0 Å². The number of nitrogens with zero attached hydrogens (tertiary/aromatic N) is 1. The van der Waals surface area contributed by atoms with E-state index in [9.17, 15) is 4.79 Å². The lowest BCUT2D eigenvalue weighted by Crippen LogP contribution is -2.37. The van der Waals surface area contributed by atoms with E-state index in [1.807, 2.05) is 6.92 Å². The maximum Gasteiger partial charge on any atom is 0.225 e. The van der Waals surface area contributed by atoms with Gasteiger partial charge < -0.3 is 10.6 Å². The summed E-state index contributed by atoms with van der Waals surface area (Å²) in [5, 5.41) is 12.9. The Hall–Kier alpha value is -1.36. The minimum Gasteiger partial charge on any atom is -0.349 e. The van der Waals surface area contributed by atoms with Gasteiger partial charge in [-0.1, -0.05) is 0 Å². The van der Waals surface area contributed by atoms with Crippen LogP contribution in [0.5, 0.6) is 0 Å². The Bertz CT molecular complexity index is 349. The molecule has 0 saturated carbocycles. The second-order valence-corrected chi connectivity index (χ2v) is 4.40. The molecule has 3 N–H and O–H groups in total. The molecule has 16 heavy (non-hydrogen) atoms. The average Bonchev–Trinajstić information content (AvgIpc) is 2.86. The molecule has 0 spiro atoms. The van der Waals surface area contributed by atoms with Gasteiger partial charge in [-0.3, -0.25) is 9.89 Å². The van der Waals surface area contributed by atoms with E-state index in [-0.39, 0.29) is 23.9 Å². The largest absolute Gasteiger partial charge is 0.349 e. The standard InChI is InChI=1S/C11H18N4O/c1-7(9-5-13-14-6-9)15-11(16)10-3-4-12-8(10)2/h5-8,10,12H,3-4H2,1-2H3,(H,13,14)(H,15,16). The third kappa shape index (κ3) is 2.24. The average molecular weight is 222 g/mol. The van der Waals surface area contributed by atoms with Crippen LogP contribution in [0.1, 0.15) is 31.9 Å². The van der Waals surface area contributed by atoms with Crippen molar-refractivity contribution in [3.05, 3.63) is 18.0 Å². The first-order valence-corrected chi connectivity index (χ1v) is 5.71. The lowest BCUT2D eigenvalue weighted by Gasteiger charge is -2.18. The fourth-order valence-electron chi connectivity index (χ4n) is 2.12. The lowest BCUT2D eigenvalue weighted by atomic mass is 10.0. The molecule has 5 heteroatoms. The van der Waals surface area contributed by atoms with E-state index >= 15 is 0 Å². The summed E-state index contributed by atoms with van der Waals surface area (Å²) in [5.74, 6) is 0.223. The molecule has 1 aromatic rings.